The van der Waals surface area contributed by atoms with Gasteiger partial charge in [0, 0.05) is 18.3 Å². The number of primary amides is 1. The summed E-state index contributed by atoms with van der Waals surface area (Å²) in [6.07, 6.45) is 1.54. The second-order valence-corrected chi connectivity index (χ2v) is 5.98. The van der Waals surface area contributed by atoms with E-state index in [9.17, 15) is 9.59 Å². The number of hydrogen-bond acceptors (Lipinski definition) is 5. The average Bonchev–Trinajstić information content (AvgIpc) is 2.73. The number of anilines is 2. The Hall–Kier alpha value is -3.87. The van der Waals surface area contributed by atoms with Crippen LogP contribution in [0, 0.1) is 0 Å². The van der Waals surface area contributed by atoms with Crippen molar-refractivity contribution in [2.24, 2.45) is 5.73 Å². The first-order chi connectivity index (χ1) is 13.6. The molecule has 3 aromatic rings. The number of hydrogen-bond donors (Lipinski definition) is 3. The van der Waals surface area contributed by atoms with E-state index in [1.54, 1.807) is 24.3 Å². The Labute approximate surface area is 162 Å². The van der Waals surface area contributed by atoms with Crippen LogP contribution in [0.25, 0.3) is 0 Å². The summed E-state index contributed by atoms with van der Waals surface area (Å²) in [5.74, 6) is -0.775. The molecule has 0 saturated heterocycles. The van der Waals surface area contributed by atoms with Crippen LogP contribution in [0.2, 0.25) is 0 Å². The number of carbonyl (C=O) groups excluding carboxylic acids is 2. The fourth-order valence-electron chi connectivity index (χ4n) is 2.66. The van der Waals surface area contributed by atoms with Gasteiger partial charge in [0.05, 0.1) is 18.5 Å². The fourth-order valence-corrected chi connectivity index (χ4v) is 2.66. The van der Waals surface area contributed by atoms with Gasteiger partial charge in [-0.05, 0) is 35.9 Å². The van der Waals surface area contributed by atoms with Crippen molar-refractivity contribution >= 4 is 23.2 Å². The van der Waals surface area contributed by atoms with E-state index in [0.29, 0.717) is 23.5 Å². The molecule has 0 bridgehead atoms. The molecule has 0 aliphatic carbocycles. The Bertz CT molecular complexity index is 990. The van der Waals surface area contributed by atoms with Gasteiger partial charge in [0.15, 0.2) is 0 Å². The Kier molecular flexibility index (Phi) is 5.86. The summed E-state index contributed by atoms with van der Waals surface area (Å²) in [4.78, 5) is 28.3. The maximum absolute atomic E-state index is 12.7. The lowest BCUT2D eigenvalue weighted by Gasteiger charge is -2.15. The summed E-state index contributed by atoms with van der Waals surface area (Å²) < 4.78 is 5.14. The van der Waals surface area contributed by atoms with Gasteiger partial charge in [-0.2, -0.15) is 0 Å². The van der Waals surface area contributed by atoms with Gasteiger partial charge in [-0.3, -0.25) is 9.59 Å². The molecule has 7 nitrogen and oxygen atoms in total. The van der Waals surface area contributed by atoms with Gasteiger partial charge >= 0.3 is 0 Å². The highest BCUT2D eigenvalue weighted by Crippen LogP contribution is 2.26. The number of nitrogens with zero attached hydrogens (tertiary/aromatic N) is 1. The van der Waals surface area contributed by atoms with E-state index in [1.165, 1.54) is 19.4 Å². The summed E-state index contributed by atoms with van der Waals surface area (Å²) in [5.41, 5.74) is 8.12. The van der Waals surface area contributed by atoms with Gasteiger partial charge in [-0.25, -0.2) is 4.98 Å². The third-order valence-corrected chi connectivity index (χ3v) is 4.09. The van der Waals surface area contributed by atoms with Crippen molar-refractivity contribution in [1.82, 2.24) is 4.98 Å². The molecule has 0 aliphatic heterocycles. The maximum atomic E-state index is 12.7. The summed E-state index contributed by atoms with van der Waals surface area (Å²) >= 11 is 0. The molecular formula is C21H20N4O3. The van der Waals surface area contributed by atoms with E-state index < -0.39 is 11.8 Å². The largest absolute Gasteiger partial charge is 0.480 e. The number of carbonyl (C=O) groups is 2. The molecule has 2 aromatic carbocycles. The van der Waals surface area contributed by atoms with E-state index in [2.05, 4.69) is 15.6 Å². The van der Waals surface area contributed by atoms with Gasteiger partial charge in [0.1, 0.15) is 5.56 Å². The van der Waals surface area contributed by atoms with E-state index in [1.807, 2.05) is 30.3 Å². The van der Waals surface area contributed by atoms with Crippen LogP contribution in [0.5, 0.6) is 5.88 Å². The van der Waals surface area contributed by atoms with Crippen molar-refractivity contribution in [2.75, 3.05) is 17.7 Å². The van der Waals surface area contributed by atoms with Crippen LogP contribution in [0.4, 0.5) is 11.4 Å². The number of methoxy groups -OCH3 is 1. The van der Waals surface area contributed by atoms with E-state index in [-0.39, 0.29) is 11.4 Å². The number of benzene rings is 2. The monoisotopic (exact) mass is 376 g/mol. The second kappa shape index (κ2) is 8.68. The molecule has 142 valence electrons. The van der Waals surface area contributed by atoms with Crippen LogP contribution in [0.1, 0.15) is 26.3 Å². The second-order valence-electron chi connectivity index (χ2n) is 5.98. The van der Waals surface area contributed by atoms with Gasteiger partial charge < -0.3 is 21.1 Å². The zero-order chi connectivity index (χ0) is 19.9. The number of aromatic nitrogens is 1. The first-order valence-corrected chi connectivity index (χ1v) is 8.60. The number of nitrogens with one attached hydrogen (secondary N) is 2. The Balaban J connectivity index is 1.87. The minimum absolute atomic E-state index is 0.213. The zero-order valence-electron chi connectivity index (χ0n) is 15.3. The lowest BCUT2D eigenvalue weighted by molar-refractivity contribution is 0.0995. The topological polar surface area (TPSA) is 106 Å². The van der Waals surface area contributed by atoms with Crippen molar-refractivity contribution in [3.05, 3.63) is 83.6 Å². The minimum atomic E-state index is -0.580. The Morgan fingerprint density at radius 2 is 1.82 bits per heavy atom. The number of nitrogens with two attached hydrogens (primary N) is 1. The lowest BCUT2D eigenvalue weighted by atomic mass is 10.1. The molecule has 0 radical (unpaired) electrons. The zero-order valence-corrected chi connectivity index (χ0v) is 15.3. The van der Waals surface area contributed by atoms with Gasteiger partial charge in [-0.15, -0.1) is 0 Å². The molecule has 2 amide bonds. The van der Waals surface area contributed by atoms with Crippen LogP contribution in [-0.2, 0) is 6.54 Å². The van der Waals surface area contributed by atoms with E-state index >= 15 is 0 Å². The summed E-state index contributed by atoms with van der Waals surface area (Å²) in [6, 6.07) is 17.9. The lowest BCUT2D eigenvalue weighted by Crippen LogP contribution is -2.17. The fraction of sp³-hybridized carbons (Fsp3) is 0.0952. The highest BCUT2D eigenvalue weighted by Gasteiger charge is 2.16. The third-order valence-electron chi connectivity index (χ3n) is 4.09. The SMILES string of the molecule is COc1ncccc1C(=O)Nc1cc(C(N)=O)ccc1NCc1ccccc1. The molecule has 0 saturated carbocycles. The van der Waals surface area contributed by atoms with Gasteiger partial charge in [-0.1, -0.05) is 30.3 Å². The van der Waals surface area contributed by atoms with Crippen LogP contribution >= 0.6 is 0 Å². The highest BCUT2D eigenvalue weighted by atomic mass is 16.5. The van der Waals surface area contributed by atoms with Crippen molar-refractivity contribution in [2.45, 2.75) is 6.54 Å². The maximum Gasteiger partial charge on any atom is 0.261 e. The smallest absolute Gasteiger partial charge is 0.261 e. The molecule has 7 heteroatoms. The van der Waals surface area contributed by atoms with Crippen LogP contribution in [-0.4, -0.2) is 23.9 Å². The van der Waals surface area contributed by atoms with Crippen molar-refractivity contribution in [3.63, 3.8) is 0 Å². The van der Waals surface area contributed by atoms with Crippen LogP contribution in [0.15, 0.2) is 66.9 Å². The highest BCUT2D eigenvalue weighted by molar-refractivity contribution is 6.08. The average molecular weight is 376 g/mol. The quantitative estimate of drug-likeness (QED) is 0.588. The molecule has 0 spiro atoms. The molecule has 0 atom stereocenters. The molecule has 1 heterocycles. The summed E-state index contributed by atoms with van der Waals surface area (Å²) in [6.45, 7) is 0.551. The summed E-state index contributed by atoms with van der Waals surface area (Å²) in [5, 5.41) is 6.07. The molecule has 28 heavy (non-hydrogen) atoms. The van der Waals surface area contributed by atoms with E-state index in [0.717, 1.165) is 5.56 Å². The number of amides is 2. The first-order valence-electron chi connectivity index (χ1n) is 8.60. The molecule has 3 rings (SSSR count). The molecule has 1 aromatic heterocycles. The predicted molar refractivity (Wildman–Crippen MR) is 107 cm³/mol. The molecule has 4 N–H and O–H groups in total. The molecule has 0 fully saturated rings. The molecule has 0 unspecified atom stereocenters. The standard InChI is InChI=1S/C21H20N4O3/c1-28-21-16(8-5-11-23-21)20(27)25-18-12-15(19(22)26)9-10-17(18)24-13-14-6-3-2-4-7-14/h2-12,24H,13H2,1H3,(H2,22,26)(H,25,27). The Morgan fingerprint density at radius 1 is 1.04 bits per heavy atom. The number of pyridine rings is 1. The van der Waals surface area contributed by atoms with Crippen molar-refractivity contribution in [1.29, 1.82) is 0 Å². The normalized spacial score (nSPS) is 10.2. The van der Waals surface area contributed by atoms with Gasteiger partial charge in [0.25, 0.3) is 5.91 Å². The number of ether oxygens (including phenoxy) is 1. The van der Waals surface area contributed by atoms with Crippen molar-refractivity contribution < 1.29 is 14.3 Å². The summed E-state index contributed by atoms with van der Waals surface area (Å²) in [7, 11) is 1.44. The van der Waals surface area contributed by atoms with Gasteiger partial charge in [0.2, 0.25) is 11.8 Å². The minimum Gasteiger partial charge on any atom is -0.480 e. The van der Waals surface area contributed by atoms with Crippen molar-refractivity contribution in [3.8, 4) is 5.88 Å². The molecular weight excluding hydrogens is 356 g/mol. The third kappa shape index (κ3) is 4.45. The van der Waals surface area contributed by atoms with E-state index in [4.69, 9.17) is 10.5 Å². The van der Waals surface area contributed by atoms with Crippen LogP contribution in [0.3, 0.4) is 0 Å². The predicted octanol–water partition coefficient (Wildman–Crippen LogP) is 3.05. The Morgan fingerprint density at radius 3 is 2.54 bits per heavy atom. The van der Waals surface area contributed by atoms with Crippen LogP contribution < -0.4 is 21.1 Å². The number of rotatable bonds is 7. The first kappa shape index (κ1) is 18.9. The molecule has 0 aliphatic rings.